The molecule has 74 valence electrons. The van der Waals surface area contributed by atoms with Crippen molar-refractivity contribution in [2.45, 2.75) is 44.8 Å². The Morgan fingerprint density at radius 3 is 2.69 bits per heavy atom. The van der Waals surface area contributed by atoms with Crippen molar-refractivity contribution in [1.29, 1.82) is 0 Å². The van der Waals surface area contributed by atoms with Gasteiger partial charge in [-0.15, -0.1) is 0 Å². The van der Waals surface area contributed by atoms with E-state index in [0.717, 1.165) is 12.8 Å². The molecule has 2 fully saturated rings. The molecule has 1 heterocycles. The molecule has 13 heavy (non-hydrogen) atoms. The molecule has 0 aromatic heterocycles. The van der Waals surface area contributed by atoms with Crippen molar-refractivity contribution in [2.24, 2.45) is 11.8 Å². The van der Waals surface area contributed by atoms with E-state index in [9.17, 15) is 4.79 Å². The van der Waals surface area contributed by atoms with Crippen LogP contribution in [-0.4, -0.2) is 23.3 Å². The van der Waals surface area contributed by atoms with E-state index >= 15 is 0 Å². The first-order valence-corrected chi connectivity index (χ1v) is 5.08. The van der Waals surface area contributed by atoms with Gasteiger partial charge in [0.05, 0.1) is 6.10 Å². The maximum absolute atomic E-state index is 10.8. The topological polar surface area (TPSA) is 46.5 Å². The van der Waals surface area contributed by atoms with Gasteiger partial charge in [-0.3, -0.25) is 0 Å². The number of hydrogen-bond donors (Lipinski definition) is 1. The molecule has 0 amide bonds. The molecule has 2 rings (SSSR count). The van der Waals surface area contributed by atoms with Crippen LogP contribution in [0.3, 0.4) is 0 Å². The molecule has 1 aliphatic carbocycles. The molecule has 2 aliphatic rings. The largest absolute Gasteiger partial charge is 0.479 e. The first kappa shape index (κ1) is 9.00. The van der Waals surface area contributed by atoms with E-state index in [2.05, 4.69) is 0 Å². The second kappa shape index (κ2) is 3.29. The Hall–Kier alpha value is -0.570. The number of aliphatic carboxylic acids is 1. The van der Waals surface area contributed by atoms with Gasteiger partial charge in [-0.1, -0.05) is 19.8 Å². The quantitative estimate of drug-likeness (QED) is 0.674. The van der Waals surface area contributed by atoms with Crippen molar-refractivity contribution in [2.75, 3.05) is 0 Å². The summed E-state index contributed by atoms with van der Waals surface area (Å²) in [4.78, 5) is 10.8. The number of rotatable bonds is 1. The SMILES string of the molecule is C[C@H]1[C@@H]2CCCC[C@@H]2O[C@@H]1C(=O)O. The van der Waals surface area contributed by atoms with E-state index in [0.29, 0.717) is 5.92 Å². The lowest BCUT2D eigenvalue weighted by Gasteiger charge is -2.25. The van der Waals surface area contributed by atoms with Crippen LogP contribution in [0.5, 0.6) is 0 Å². The standard InChI is InChI=1S/C10H16O3/c1-6-7-4-2-3-5-8(7)13-9(6)10(11)12/h6-9H,2-5H2,1H3,(H,11,12)/t6-,7-,8-,9-/m0/s1. The zero-order valence-corrected chi connectivity index (χ0v) is 7.90. The minimum absolute atomic E-state index is 0.197. The molecule has 0 bridgehead atoms. The Bertz CT molecular complexity index is 214. The zero-order chi connectivity index (χ0) is 9.42. The second-order valence-corrected chi connectivity index (χ2v) is 4.24. The van der Waals surface area contributed by atoms with Crippen LogP contribution >= 0.6 is 0 Å². The Kier molecular flexibility index (Phi) is 2.28. The maximum atomic E-state index is 10.8. The highest BCUT2D eigenvalue weighted by molar-refractivity contribution is 5.73. The molecule has 1 aliphatic heterocycles. The average Bonchev–Trinajstić information content (AvgIpc) is 2.45. The van der Waals surface area contributed by atoms with Crippen LogP contribution in [0, 0.1) is 11.8 Å². The van der Waals surface area contributed by atoms with Gasteiger partial charge in [-0.05, 0) is 24.7 Å². The molecular formula is C10H16O3. The normalized spacial score (nSPS) is 44.4. The summed E-state index contributed by atoms with van der Waals surface area (Å²) in [5.41, 5.74) is 0. The summed E-state index contributed by atoms with van der Waals surface area (Å²) in [6.07, 6.45) is 4.31. The van der Waals surface area contributed by atoms with Gasteiger partial charge >= 0.3 is 5.97 Å². The molecule has 1 saturated carbocycles. The summed E-state index contributed by atoms with van der Waals surface area (Å²) >= 11 is 0. The Labute approximate surface area is 78.1 Å². The zero-order valence-electron chi connectivity index (χ0n) is 7.90. The van der Waals surface area contributed by atoms with Gasteiger partial charge in [0.15, 0.2) is 6.10 Å². The highest BCUT2D eigenvalue weighted by atomic mass is 16.5. The second-order valence-electron chi connectivity index (χ2n) is 4.24. The molecule has 1 saturated heterocycles. The summed E-state index contributed by atoms with van der Waals surface area (Å²) in [7, 11) is 0. The monoisotopic (exact) mass is 184 g/mol. The highest BCUT2D eigenvalue weighted by Crippen LogP contribution is 2.41. The smallest absolute Gasteiger partial charge is 0.333 e. The molecule has 0 aromatic carbocycles. The van der Waals surface area contributed by atoms with E-state index in [-0.39, 0.29) is 12.0 Å². The molecule has 0 radical (unpaired) electrons. The molecule has 1 N–H and O–H groups in total. The number of fused-ring (bicyclic) bond motifs is 1. The van der Waals surface area contributed by atoms with Crippen LogP contribution in [0.25, 0.3) is 0 Å². The Balaban J connectivity index is 2.09. The van der Waals surface area contributed by atoms with Gasteiger partial charge in [0.1, 0.15) is 0 Å². The van der Waals surface area contributed by atoms with Gasteiger partial charge in [-0.2, -0.15) is 0 Å². The van der Waals surface area contributed by atoms with Gasteiger partial charge in [0, 0.05) is 0 Å². The van der Waals surface area contributed by atoms with Crippen LogP contribution in [0.1, 0.15) is 32.6 Å². The predicted octanol–water partition coefficient (Wildman–Crippen LogP) is 1.66. The average molecular weight is 184 g/mol. The number of ether oxygens (including phenoxy) is 1. The third-order valence-electron chi connectivity index (χ3n) is 3.47. The van der Waals surface area contributed by atoms with Gasteiger partial charge < -0.3 is 9.84 Å². The lowest BCUT2D eigenvalue weighted by molar-refractivity contribution is -0.151. The van der Waals surface area contributed by atoms with E-state index in [1.54, 1.807) is 0 Å². The van der Waals surface area contributed by atoms with Gasteiger partial charge in [0.2, 0.25) is 0 Å². The van der Waals surface area contributed by atoms with E-state index in [4.69, 9.17) is 9.84 Å². The van der Waals surface area contributed by atoms with Crippen LogP contribution in [0.15, 0.2) is 0 Å². The fraction of sp³-hybridized carbons (Fsp3) is 0.900. The van der Waals surface area contributed by atoms with Crippen molar-refractivity contribution < 1.29 is 14.6 Å². The Morgan fingerprint density at radius 1 is 1.38 bits per heavy atom. The van der Waals surface area contributed by atoms with Gasteiger partial charge in [-0.25, -0.2) is 4.79 Å². The number of carboxylic acid groups (broad SMARTS) is 1. The van der Waals surface area contributed by atoms with Gasteiger partial charge in [0.25, 0.3) is 0 Å². The van der Waals surface area contributed by atoms with Crippen molar-refractivity contribution >= 4 is 5.97 Å². The van der Waals surface area contributed by atoms with Crippen molar-refractivity contribution in [3.05, 3.63) is 0 Å². The van der Waals surface area contributed by atoms with Crippen molar-refractivity contribution in [3.63, 3.8) is 0 Å². The first-order chi connectivity index (χ1) is 6.20. The van der Waals surface area contributed by atoms with Crippen LogP contribution in [0.4, 0.5) is 0 Å². The Morgan fingerprint density at radius 2 is 2.08 bits per heavy atom. The summed E-state index contributed by atoms with van der Waals surface area (Å²) in [5.74, 6) is -0.0976. The van der Waals surface area contributed by atoms with Crippen LogP contribution in [-0.2, 0) is 9.53 Å². The van der Waals surface area contributed by atoms with E-state index in [1.165, 1.54) is 12.8 Å². The fourth-order valence-electron chi connectivity index (χ4n) is 2.72. The third kappa shape index (κ3) is 1.46. The predicted molar refractivity (Wildman–Crippen MR) is 47.4 cm³/mol. The molecule has 0 aromatic rings. The summed E-state index contributed by atoms with van der Waals surface area (Å²) in [6, 6.07) is 0. The van der Waals surface area contributed by atoms with Crippen molar-refractivity contribution in [1.82, 2.24) is 0 Å². The fourth-order valence-corrected chi connectivity index (χ4v) is 2.72. The van der Waals surface area contributed by atoms with E-state index in [1.807, 2.05) is 6.92 Å². The number of carboxylic acids is 1. The first-order valence-electron chi connectivity index (χ1n) is 5.08. The lowest BCUT2D eigenvalue weighted by atomic mass is 9.79. The van der Waals surface area contributed by atoms with Crippen molar-refractivity contribution in [3.8, 4) is 0 Å². The highest BCUT2D eigenvalue weighted by Gasteiger charge is 2.45. The molecule has 3 heteroatoms. The molecule has 3 nitrogen and oxygen atoms in total. The molecule has 4 atom stereocenters. The van der Waals surface area contributed by atoms with E-state index < -0.39 is 12.1 Å². The maximum Gasteiger partial charge on any atom is 0.333 e. The lowest BCUT2D eigenvalue weighted by Crippen LogP contribution is -2.26. The minimum Gasteiger partial charge on any atom is -0.479 e. The summed E-state index contributed by atoms with van der Waals surface area (Å²) in [6.45, 7) is 2.01. The molecule has 0 spiro atoms. The minimum atomic E-state index is -0.790. The van der Waals surface area contributed by atoms with Crippen LogP contribution < -0.4 is 0 Å². The molecular weight excluding hydrogens is 168 g/mol. The number of hydrogen-bond acceptors (Lipinski definition) is 2. The van der Waals surface area contributed by atoms with Crippen LogP contribution in [0.2, 0.25) is 0 Å². The summed E-state index contributed by atoms with van der Waals surface area (Å²) in [5, 5.41) is 8.91. The summed E-state index contributed by atoms with van der Waals surface area (Å²) < 4.78 is 5.54. The molecule has 0 unspecified atom stereocenters. The number of carbonyl (C=O) groups is 1. The third-order valence-corrected chi connectivity index (χ3v) is 3.47.